The van der Waals surface area contributed by atoms with Gasteiger partial charge in [0.05, 0.1) is 47.9 Å². The molecule has 0 unspecified atom stereocenters. The van der Waals surface area contributed by atoms with E-state index in [9.17, 15) is 4.39 Å². The van der Waals surface area contributed by atoms with Crippen LogP contribution in [0, 0.1) is 5.82 Å². The van der Waals surface area contributed by atoms with Crippen molar-refractivity contribution in [2.24, 2.45) is 0 Å². The van der Waals surface area contributed by atoms with Crippen molar-refractivity contribution in [3.63, 3.8) is 0 Å². The lowest BCUT2D eigenvalue weighted by Crippen LogP contribution is -2.25. The lowest BCUT2D eigenvalue weighted by Gasteiger charge is -2.15. The molecule has 0 radical (unpaired) electrons. The topological polar surface area (TPSA) is 118 Å². The molecule has 1 fully saturated rings. The second kappa shape index (κ2) is 10.6. The van der Waals surface area contributed by atoms with Crippen LogP contribution in [-0.2, 0) is 0 Å². The molecule has 0 atom stereocenters. The van der Waals surface area contributed by atoms with Gasteiger partial charge in [0.15, 0.2) is 5.82 Å². The molecule has 11 heteroatoms. The molecule has 41 heavy (non-hydrogen) atoms. The summed E-state index contributed by atoms with van der Waals surface area (Å²) in [5, 5.41) is 8.40. The van der Waals surface area contributed by atoms with Crippen LogP contribution in [0.3, 0.4) is 0 Å². The summed E-state index contributed by atoms with van der Waals surface area (Å²) in [5.41, 5.74) is 5.64. The van der Waals surface area contributed by atoms with Gasteiger partial charge < -0.3 is 14.5 Å². The second-order valence-electron chi connectivity index (χ2n) is 10.0. The first kappa shape index (κ1) is 25.1. The van der Waals surface area contributed by atoms with Gasteiger partial charge in [-0.3, -0.25) is 25.0 Å². The van der Waals surface area contributed by atoms with Gasteiger partial charge in [0.1, 0.15) is 29.6 Å². The number of fused-ring (bicyclic) bond motifs is 2. The largest absolute Gasteiger partial charge is 0.495 e. The number of pyridine rings is 3. The molecule has 0 aliphatic carbocycles. The quantitative estimate of drug-likeness (QED) is 0.264. The normalized spacial score (nSPS) is 13.8. The molecule has 0 amide bonds. The summed E-state index contributed by atoms with van der Waals surface area (Å²) < 4.78 is 25.9. The van der Waals surface area contributed by atoms with E-state index in [0.29, 0.717) is 51.8 Å². The Bertz CT molecular complexity index is 1860. The maximum Gasteiger partial charge on any atom is 0.159 e. The van der Waals surface area contributed by atoms with E-state index < -0.39 is 0 Å². The number of aromatic nitrogens is 7. The molecule has 1 aliphatic heterocycles. The van der Waals surface area contributed by atoms with Crippen LogP contribution in [0.5, 0.6) is 11.5 Å². The molecule has 6 aromatic rings. The Morgan fingerprint density at radius 3 is 2.63 bits per heavy atom. The van der Waals surface area contributed by atoms with E-state index in [1.807, 2.05) is 18.2 Å². The number of likely N-dealkylation sites (tertiary alicyclic amines) is 1. The zero-order chi connectivity index (χ0) is 27.8. The zero-order valence-corrected chi connectivity index (χ0v) is 22.4. The predicted molar refractivity (Wildman–Crippen MR) is 153 cm³/mol. The molecule has 7 rings (SSSR count). The van der Waals surface area contributed by atoms with Gasteiger partial charge in [-0.05, 0) is 55.8 Å². The molecule has 0 spiro atoms. The first-order chi connectivity index (χ1) is 20.1. The Morgan fingerprint density at radius 1 is 0.902 bits per heavy atom. The first-order valence-corrected chi connectivity index (χ1v) is 13.5. The summed E-state index contributed by atoms with van der Waals surface area (Å²) in [5.74, 6) is 1.31. The molecule has 1 saturated heterocycles. The Morgan fingerprint density at radius 2 is 1.76 bits per heavy atom. The van der Waals surface area contributed by atoms with Gasteiger partial charge >= 0.3 is 0 Å². The fourth-order valence-corrected chi connectivity index (χ4v) is 5.28. The summed E-state index contributed by atoms with van der Waals surface area (Å²) in [6.45, 7) is 3.52. The zero-order valence-electron chi connectivity index (χ0n) is 22.4. The number of benzene rings is 1. The third kappa shape index (κ3) is 4.95. The summed E-state index contributed by atoms with van der Waals surface area (Å²) in [4.78, 5) is 23.8. The first-order valence-electron chi connectivity index (χ1n) is 13.5. The van der Waals surface area contributed by atoms with E-state index in [-0.39, 0.29) is 5.82 Å². The van der Waals surface area contributed by atoms with Crippen LogP contribution in [0.4, 0.5) is 4.39 Å². The van der Waals surface area contributed by atoms with Crippen molar-refractivity contribution in [1.82, 2.24) is 40.0 Å². The highest BCUT2D eigenvalue weighted by Gasteiger charge is 2.18. The number of rotatable bonds is 8. The fourth-order valence-electron chi connectivity index (χ4n) is 5.28. The summed E-state index contributed by atoms with van der Waals surface area (Å²) in [6, 6.07) is 8.54. The van der Waals surface area contributed by atoms with Gasteiger partial charge in [-0.2, -0.15) is 5.10 Å². The maximum absolute atomic E-state index is 14.7. The van der Waals surface area contributed by atoms with Gasteiger partial charge in [-0.1, -0.05) is 0 Å². The monoisotopic (exact) mass is 550 g/mol. The van der Waals surface area contributed by atoms with Crippen molar-refractivity contribution in [2.75, 3.05) is 33.4 Å². The minimum absolute atomic E-state index is 0.378. The molecule has 2 N–H and O–H groups in total. The number of aromatic amines is 2. The van der Waals surface area contributed by atoms with Gasteiger partial charge in [-0.15, -0.1) is 0 Å². The van der Waals surface area contributed by atoms with Crippen LogP contribution in [0.2, 0.25) is 0 Å². The minimum Gasteiger partial charge on any atom is -0.495 e. The average Bonchev–Trinajstić information content (AvgIpc) is 3.76. The van der Waals surface area contributed by atoms with Crippen LogP contribution in [0.25, 0.3) is 55.8 Å². The standard InChI is InChI=1S/C30H27FN8O2/c1-40-22-10-19(13-32-14-22)25-12-23-26(17-34-25)37-38-29(23)30-35-27-16-33-15-24(28(27)36-30)18-8-20(31)11-21(9-18)41-7-6-39-4-2-3-5-39/h8-17H,2-7H2,1H3,(H,35,36)(H,37,38). The van der Waals surface area contributed by atoms with E-state index in [1.165, 1.54) is 25.0 Å². The van der Waals surface area contributed by atoms with E-state index >= 15 is 0 Å². The SMILES string of the molecule is COc1cncc(-c2cc3c(-c4nc5c(-c6cc(F)cc(OCCN7CCCC7)c6)cncc5[nH]4)n[nH]c3cn2)c1. The number of halogens is 1. The van der Waals surface area contributed by atoms with E-state index in [1.54, 1.807) is 38.1 Å². The van der Waals surface area contributed by atoms with Gasteiger partial charge in [0, 0.05) is 41.5 Å². The Hall–Kier alpha value is -4.90. The van der Waals surface area contributed by atoms with E-state index in [4.69, 9.17) is 14.5 Å². The van der Waals surface area contributed by atoms with Crippen LogP contribution in [0.15, 0.2) is 61.3 Å². The third-order valence-electron chi connectivity index (χ3n) is 7.37. The lowest BCUT2D eigenvalue weighted by atomic mass is 10.1. The molecule has 1 aliphatic rings. The highest BCUT2D eigenvalue weighted by atomic mass is 19.1. The molecule has 0 saturated carbocycles. The number of H-pyrrole nitrogens is 2. The van der Waals surface area contributed by atoms with Crippen LogP contribution in [-0.4, -0.2) is 73.4 Å². The smallest absolute Gasteiger partial charge is 0.159 e. The molecule has 206 valence electrons. The number of hydrogen-bond donors (Lipinski definition) is 2. The number of ether oxygens (including phenoxy) is 2. The predicted octanol–water partition coefficient (Wildman–Crippen LogP) is 5.25. The maximum atomic E-state index is 14.7. The molecule has 6 heterocycles. The molecule has 0 bridgehead atoms. The van der Waals surface area contributed by atoms with Crippen molar-refractivity contribution in [2.45, 2.75) is 12.8 Å². The molecule has 5 aromatic heterocycles. The lowest BCUT2D eigenvalue weighted by molar-refractivity contribution is 0.237. The average molecular weight is 551 g/mol. The number of methoxy groups -OCH3 is 1. The fraction of sp³-hybridized carbons (Fsp3) is 0.233. The van der Waals surface area contributed by atoms with Gasteiger partial charge in [0.2, 0.25) is 0 Å². The highest BCUT2D eigenvalue weighted by Crippen LogP contribution is 2.34. The molecular weight excluding hydrogens is 523 g/mol. The second-order valence-corrected chi connectivity index (χ2v) is 10.0. The number of nitrogens with zero attached hydrogens (tertiary/aromatic N) is 6. The van der Waals surface area contributed by atoms with Crippen molar-refractivity contribution in [1.29, 1.82) is 0 Å². The van der Waals surface area contributed by atoms with Crippen molar-refractivity contribution < 1.29 is 13.9 Å². The summed E-state index contributed by atoms with van der Waals surface area (Å²) in [6.07, 6.45) is 10.9. The van der Waals surface area contributed by atoms with Crippen LogP contribution in [0.1, 0.15) is 12.8 Å². The van der Waals surface area contributed by atoms with Gasteiger partial charge in [0.25, 0.3) is 0 Å². The van der Waals surface area contributed by atoms with Gasteiger partial charge in [-0.25, -0.2) is 9.37 Å². The molecular formula is C30H27FN8O2. The van der Waals surface area contributed by atoms with Crippen LogP contribution >= 0.6 is 0 Å². The number of imidazole rings is 1. The molecule has 10 nitrogen and oxygen atoms in total. The van der Waals surface area contributed by atoms with Crippen LogP contribution < -0.4 is 9.47 Å². The Kier molecular flexibility index (Phi) is 6.48. The Labute approximate surface area is 234 Å². The summed E-state index contributed by atoms with van der Waals surface area (Å²) >= 11 is 0. The molecule has 1 aromatic carbocycles. The number of hydrogen-bond acceptors (Lipinski definition) is 8. The highest BCUT2D eigenvalue weighted by molar-refractivity contribution is 5.97. The van der Waals surface area contributed by atoms with E-state index in [2.05, 4.69) is 35.0 Å². The van der Waals surface area contributed by atoms with Crippen molar-refractivity contribution in [3.8, 4) is 45.4 Å². The minimum atomic E-state index is -0.378. The third-order valence-corrected chi connectivity index (χ3v) is 7.37. The number of nitrogens with one attached hydrogen (secondary N) is 2. The summed E-state index contributed by atoms with van der Waals surface area (Å²) in [7, 11) is 1.60. The van der Waals surface area contributed by atoms with Crippen molar-refractivity contribution in [3.05, 3.63) is 67.1 Å². The Balaban J connectivity index is 1.23. The van der Waals surface area contributed by atoms with E-state index in [0.717, 1.165) is 41.8 Å². The van der Waals surface area contributed by atoms with Crippen molar-refractivity contribution >= 4 is 21.9 Å².